The molecule has 3 heteroatoms. The molecule has 1 aliphatic heterocycles. The van der Waals surface area contributed by atoms with Crippen LogP contribution in [-0.2, 0) is 17.8 Å². The second kappa shape index (κ2) is 5.12. The van der Waals surface area contributed by atoms with Crippen LogP contribution in [0.25, 0.3) is 0 Å². The van der Waals surface area contributed by atoms with E-state index >= 15 is 0 Å². The number of rotatable bonds is 3. The lowest BCUT2D eigenvalue weighted by Crippen LogP contribution is -2.47. The van der Waals surface area contributed by atoms with Crippen molar-refractivity contribution in [2.45, 2.75) is 19.9 Å². The molecule has 0 spiro atoms. The van der Waals surface area contributed by atoms with Gasteiger partial charge in [-0.2, -0.15) is 0 Å². The third kappa shape index (κ3) is 2.83. The molecule has 1 saturated heterocycles. The second-order valence-corrected chi connectivity index (χ2v) is 4.23. The van der Waals surface area contributed by atoms with Gasteiger partial charge in [0.05, 0.1) is 6.54 Å². The Morgan fingerprint density at radius 3 is 2.94 bits per heavy atom. The van der Waals surface area contributed by atoms with Crippen LogP contribution in [-0.4, -0.2) is 30.4 Å². The summed E-state index contributed by atoms with van der Waals surface area (Å²) in [5.74, 6) is 0.137. The Balaban J connectivity index is 1.99. The number of carbonyl (C=O) groups excluding carboxylic acids is 1. The minimum Gasteiger partial charge on any atom is -0.354 e. The highest BCUT2D eigenvalue weighted by molar-refractivity contribution is 5.78. The number of benzene rings is 1. The van der Waals surface area contributed by atoms with Crippen molar-refractivity contribution in [3.05, 3.63) is 35.4 Å². The number of nitrogens with zero attached hydrogens (tertiary/aromatic N) is 1. The molecule has 0 saturated carbocycles. The predicted octanol–water partition coefficient (Wildman–Crippen LogP) is 1.18. The maximum atomic E-state index is 11.2. The third-order valence-electron chi connectivity index (χ3n) is 2.92. The first-order chi connectivity index (χ1) is 7.78. The van der Waals surface area contributed by atoms with Crippen LogP contribution in [0.15, 0.2) is 24.3 Å². The molecule has 1 aromatic carbocycles. The van der Waals surface area contributed by atoms with Crippen molar-refractivity contribution in [3.63, 3.8) is 0 Å². The first-order valence-electron chi connectivity index (χ1n) is 5.85. The minimum absolute atomic E-state index is 0.137. The zero-order chi connectivity index (χ0) is 11.4. The Kier molecular flexibility index (Phi) is 3.57. The van der Waals surface area contributed by atoms with Gasteiger partial charge in [-0.25, -0.2) is 0 Å². The van der Waals surface area contributed by atoms with E-state index in [0.29, 0.717) is 6.54 Å². The SMILES string of the molecule is CCc1cccc(CN2CCNC(=O)C2)c1. The van der Waals surface area contributed by atoms with Gasteiger partial charge in [-0.05, 0) is 17.5 Å². The van der Waals surface area contributed by atoms with E-state index in [2.05, 4.69) is 41.4 Å². The van der Waals surface area contributed by atoms with Crippen LogP contribution < -0.4 is 5.32 Å². The molecule has 1 aromatic rings. The van der Waals surface area contributed by atoms with E-state index in [1.165, 1.54) is 11.1 Å². The average Bonchev–Trinajstić information content (AvgIpc) is 2.29. The van der Waals surface area contributed by atoms with Gasteiger partial charge in [0.2, 0.25) is 5.91 Å². The summed E-state index contributed by atoms with van der Waals surface area (Å²) in [7, 11) is 0. The highest BCUT2D eigenvalue weighted by Crippen LogP contribution is 2.09. The molecule has 1 fully saturated rings. The van der Waals surface area contributed by atoms with Crippen molar-refractivity contribution < 1.29 is 4.79 Å². The predicted molar refractivity (Wildman–Crippen MR) is 64.1 cm³/mol. The smallest absolute Gasteiger partial charge is 0.234 e. The first-order valence-corrected chi connectivity index (χ1v) is 5.85. The lowest BCUT2D eigenvalue weighted by molar-refractivity contribution is -0.124. The topological polar surface area (TPSA) is 32.3 Å². The molecule has 3 nitrogen and oxygen atoms in total. The van der Waals surface area contributed by atoms with Crippen LogP contribution in [0.2, 0.25) is 0 Å². The standard InChI is InChI=1S/C13H18N2O/c1-2-11-4-3-5-12(8-11)9-15-7-6-14-13(16)10-15/h3-5,8H,2,6-7,9-10H2,1H3,(H,14,16). The number of hydrogen-bond acceptors (Lipinski definition) is 2. The van der Waals surface area contributed by atoms with Crippen molar-refractivity contribution >= 4 is 5.91 Å². The van der Waals surface area contributed by atoms with Crippen molar-refractivity contribution in [3.8, 4) is 0 Å². The molecule has 2 rings (SSSR count). The Morgan fingerprint density at radius 2 is 2.19 bits per heavy atom. The van der Waals surface area contributed by atoms with Gasteiger partial charge in [0, 0.05) is 19.6 Å². The van der Waals surface area contributed by atoms with Gasteiger partial charge in [-0.1, -0.05) is 31.2 Å². The molecule has 1 aliphatic rings. The zero-order valence-corrected chi connectivity index (χ0v) is 9.70. The van der Waals surface area contributed by atoms with Crippen LogP contribution in [0.1, 0.15) is 18.1 Å². The molecule has 0 unspecified atom stereocenters. The van der Waals surface area contributed by atoms with Gasteiger partial charge in [-0.15, -0.1) is 0 Å². The van der Waals surface area contributed by atoms with E-state index in [4.69, 9.17) is 0 Å². The molecule has 0 aliphatic carbocycles. The summed E-state index contributed by atoms with van der Waals surface area (Å²) in [5, 5.41) is 2.84. The van der Waals surface area contributed by atoms with E-state index in [1.807, 2.05) is 0 Å². The number of amides is 1. The highest BCUT2D eigenvalue weighted by Gasteiger charge is 2.15. The molecule has 0 aromatic heterocycles. The Morgan fingerprint density at radius 1 is 1.38 bits per heavy atom. The molecule has 0 atom stereocenters. The number of carbonyl (C=O) groups is 1. The molecule has 0 radical (unpaired) electrons. The first kappa shape index (κ1) is 11.1. The number of nitrogens with one attached hydrogen (secondary N) is 1. The van der Waals surface area contributed by atoms with E-state index < -0.39 is 0 Å². The molecule has 1 amide bonds. The van der Waals surface area contributed by atoms with Gasteiger partial charge in [0.25, 0.3) is 0 Å². The van der Waals surface area contributed by atoms with E-state index in [-0.39, 0.29) is 5.91 Å². The highest BCUT2D eigenvalue weighted by atomic mass is 16.2. The lowest BCUT2D eigenvalue weighted by Gasteiger charge is -2.26. The number of piperazine rings is 1. The fourth-order valence-corrected chi connectivity index (χ4v) is 2.03. The van der Waals surface area contributed by atoms with Gasteiger partial charge in [-0.3, -0.25) is 9.69 Å². The fraction of sp³-hybridized carbons (Fsp3) is 0.462. The van der Waals surface area contributed by atoms with E-state index in [1.54, 1.807) is 0 Å². The zero-order valence-electron chi connectivity index (χ0n) is 9.70. The summed E-state index contributed by atoms with van der Waals surface area (Å²) in [6.45, 7) is 5.28. The Labute approximate surface area is 96.5 Å². The summed E-state index contributed by atoms with van der Waals surface area (Å²) in [4.78, 5) is 13.4. The molecular formula is C13H18N2O. The summed E-state index contributed by atoms with van der Waals surface area (Å²) in [6.07, 6.45) is 1.06. The van der Waals surface area contributed by atoms with Crippen LogP contribution in [0, 0.1) is 0 Å². The van der Waals surface area contributed by atoms with Crippen LogP contribution >= 0.6 is 0 Å². The van der Waals surface area contributed by atoms with Crippen LogP contribution in [0.5, 0.6) is 0 Å². The number of aryl methyl sites for hydroxylation is 1. The molecule has 16 heavy (non-hydrogen) atoms. The molecule has 86 valence electrons. The van der Waals surface area contributed by atoms with Crippen molar-refractivity contribution in [2.75, 3.05) is 19.6 Å². The Hall–Kier alpha value is -1.35. The van der Waals surface area contributed by atoms with E-state index in [9.17, 15) is 4.79 Å². The van der Waals surface area contributed by atoms with Crippen molar-refractivity contribution in [1.29, 1.82) is 0 Å². The molecule has 1 heterocycles. The maximum absolute atomic E-state index is 11.2. The molecular weight excluding hydrogens is 200 g/mol. The van der Waals surface area contributed by atoms with Gasteiger partial charge in [0.15, 0.2) is 0 Å². The summed E-state index contributed by atoms with van der Waals surface area (Å²) in [5.41, 5.74) is 2.66. The van der Waals surface area contributed by atoms with Crippen LogP contribution in [0.4, 0.5) is 0 Å². The largest absolute Gasteiger partial charge is 0.354 e. The van der Waals surface area contributed by atoms with Gasteiger partial charge < -0.3 is 5.32 Å². The van der Waals surface area contributed by atoms with Gasteiger partial charge in [0.1, 0.15) is 0 Å². The number of hydrogen-bond donors (Lipinski definition) is 1. The Bertz CT molecular complexity index is 376. The fourth-order valence-electron chi connectivity index (χ4n) is 2.03. The maximum Gasteiger partial charge on any atom is 0.234 e. The normalized spacial score (nSPS) is 17.2. The van der Waals surface area contributed by atoms with Crippen molar-refractivity contribution in [1.82, 2.24) is 10.2 Å². The second-order valence-electron chi connectivity index (χ2n) is 4.23. The van der Waals surface area contributed by atoms with E-state index in [0.717, 1.165) is 26.1 Å². The summed E-state index contributed by atoms with van der Waals surface area (Å²) < 4.78 is 0. The van der Waals surface area contributed by atoms with Crippen LogP contribution in [0.3, 0.4) is 0 Å². The third-order valence-corrected chi connectivity index (χ3v) is 2.92. The van der Waals surface area contributed by atoms with Crippen molar-refractivity contribution in [2.24, 2.45) is 0 Å². The minimum atomic E-state index is 0.137. The quantitative estimate of drug-likeness (QED) is 0.826. The summed E-state index contributed by atoms with van der Waals surface area (Å²) >= 11 is 0. The molecule has 0 bridgehead atoms. The average molecular weight is 218 g/mol. The summed E-state index contributed by atoms with van der Waals surface area (Å²) in [6, 6.07) is 8.60. The monoisotopic (exact) mass is 218 g/mol. The molecule has 1 N–H and O–H groups in total. The lowest BCUT2D eigenvalue weighted by atomic mass is 10.1. The van der Waals surface area contributed by atoms with Gasteiger partial charge >= 0.3 is 0 Å².